The molecule has 1 aromatic carbocycles. The van der Waals surface area contributed by atoms with Crippen molar-refractivity contribution in [2.45, 2.75) is 5.33 Å². The van der Waals surface area contributed by atoms with Crippen LogP contribution in [0.25, 0.3) is 10.8 Å². The van der Waals surface area contributed by atoms with Gasteiger partial charge >= 0.3 is 0 Å². The quantitative estimate of drug-likeness (QED) is 0.659. The number of fused-ring (bicyclic) bond motifs is 1. The third-order valence-corrected chi connectivity index (χ3v) is 2.36. The molecule has 0 unspecified atom stereocenters. The lowest BCUT2D eigenvalue weighted by atomic mass is 10.1. The summed E-state index contributed by atoms with van der Waals surface area (Å²) >= 11 is 3.42. The van der Waals surface area contributed by atoms with Gasteiger partial charge in [0, 0.05) is 16.1 Å². The van der Waals surface area contributed by atoms with E-state index in [0.29, 0.717) is 0 Å². The summed E-state index contributed by atoms with van der Waals surface area (Å²) in [4.78, 5) is 0. The molecule has 1 aromatic heterocycles. The minimum Gasteiger partial charge on any atom is -0.471 e. The van der Waals surface area contributed by atoms with Crippen LogP contribution >= 0.6 is 15.9 Å². The largest absolute Gasteiger partial charge is 0.471 e. The number of halogens is 1. The van der Waals surface area contributed by atoms with Crippen LogP contribution in [0.1, 0.15) is 5.56 Å². The highest BCUT2D eigenvalue weighted by Crippen LogP contribution is 2.21. The van der Waals surface area contributed by atoms with Gasteiger partial charge in [-0.15, -0.1) is 0 Å². The first-order chi connectivity index (χ1) is 5.42. The van der Waals surface area contributed by atoms with Gasteiger partial charge in [0.05, 0.1) is 12.5 Å². The Morgan fingerprint density at radius 3 is 3.00 bits per heavy atom. The molecule has 2 rings (SSSR count). The van der Waals surface area contributed by atoms with Gasteiger partial charge in [-0.2, -0.15) is 0 Å². The summed E-state index contributed by atoms with van der Waals surface area (Å²) in [6, 6.07) is 6.17. The average molecular weight is 211 g/mol. The molecule has 0 N–H and O–H groups in total. The monoisotopic (exact) mass is 210 g/mol. The Balaban J connectivity index is 2.79. The van der Waals surface area contributed by atoms with Gasteiger partial charge in [0.1, 0.15) is 0 Å². The van der Waals surface area contributed by atoms with Crippen LogP contribution in [0.15, 0.2) is 35.1 Å². The van der Waals surface area contributed by atoms with E-state index in [9.17, 15) is 0 Å². The van der Waals surface area contributed by atoms with Crippen molar-refractivity contribution in [2.75, 3.05) is 0 Å². The highest BCUT2D eigenvalue weighted by atomic mass is 79.9. The van der Waals surface area contributed by atoms with Gasteiger partial charge in [0.15, 0.2) is 0 Å². The highest BCUT2D eigenvalue weighted by Gasteiger charge is 1.99. The smallest absolute Gasteiger partial charge is 0.0984 e. The van der Waals surface area contributed by atoms with E-state index < -0.39 is 0 Å². The number of benzene rings is 1. The second kappa shape index (κ2) is 2.70. The predicted octanol–water partition coefficient (Wildman–Crippen LogP) is 3.33. The molecule has 0 fully saturated rings. The van der Waals surface area contributed by atoms with Crippen LogP contribution in [0.3, 0.4) is 0 Å². The third kappa shape index (κ3) is 1.07. The van der Waals surface area contributed by atoms with E-state index >= 15 is 0 Å². The standard InChI is InChI=1S/C9H7BrO/c10-4-7-2-1-3-8-5-11-6-9(7)8/h1-3,5-6H,4H2. The second-order valence-electron chi connectivity index (χ2n) is 2.43. The molecule has 2 aromatic rings. The molecule has 0 aliphatic rings. The van der Waals surface area contributed by atoms with Gasteiger partial charge in [0.25, 0.3) is 0 Å². The molecule has 11 heavy (non-hydrogen) atoms. The molecule has 2 heteroatoms. The number of furan rings is 1. The van der Waals surface area contributed by atoms with E-state index in [0.717, 1.165) is 5.33 Å². The van der Waals surface area contributed by atoms with Gasteiger partial charge in [-0.25, -0.2) is 0 Å². The van der Waals surface area contributed by atoms with E-state index in [2.05, 4.69) is 22.0 Å². The lowest BCUT2D eigenvalue weighted by Crippen LogP contribution is -1.75. The molecule has 0 bridgehead atoms. The van der Waals surface area contributed by atoms with Crippen LogP contribution in [0.4, 0.5) is 0 Å². The fourth-order valence-corrected chi connectivity index (χ4v) is 1.66. The van der Waals surface area contributed by atoms with E-state index in [4.69, 9.17) is 4.42 Å². The Morgan fingerprint density at radius 1 is 1.27 bits per heavy atom. The zero-order chi connectivity index (χ0) is 7.68. The van der Waals surface area contributed by atoms with Gasteiger partial charge in [0.2, 0.25) is 0 Å². The topological polar surface area (TPSA) is 13.1 Å². The van der Waals surface area contributed by atoms with Gasteiger partial charge in [-0.05, 0) is 5.56 Å². The van der Waals surface area contributed by atoms with Crippen LogP contribution in [0.5, 0.6) is 0 Å². The summed E-state index contributed by atoms with van der Waals surface area (Å²) in [6.45, 7) is 0. The normalized spacial score (nSPS) is 10.6. The van der Waals surface area contributed by atoms with Gasteiger partial charge < -0.3 is 4.42 Å². The summed E-state index contributed by atoms with van der Waals surface area (Å²) in [7, 11) is 0. The number of hydrogen-bond donors (Lipinski definition) is 0. The predicted molar refractivity (Wildman–Crippen MR) is 48.8 cm³/mol. The Morgan fingerprint density at radius 2 is 2.18 bits per heavy atom. The van der Waals surface area contributed by atoms with Crippen LogP contribution in [-0.4, -0.2) is 0 Å². The first-order valence-electron chi connectivity index (χ1n) is 3.41. The molecule has 0 saturated heterocycles. The molecule has 1 heterocycles. The first kappa shape index (κ1) is 6.92. The summed E-state index contributed by atoms with van der Waals surface area (Å²) in [5.41, 5.74) is 1.27. The van der Waals surface area contributed by atoms with Crippen molar-refractivity contribution in [2.24, 2.45) is 0 Å². The SMILES string of the molecule is BrCc1cccc2cocc12. The molecule has 0 radical (unpaired) electrons. The molecule has 0 aliphatic heterocycles. The molecular formula is C9H7BrO. The van der Waals surface area contributed by atoms with E-state index in [-0.39, 0.29) is 0 Å². The summed E-state index contributed by atoms with van der Waals surface area (Å²) in [5, 5.41) is 3.25. The minimum absolute atomic E-state index is 0.879. The van der Waals surface area contributed by atoms with Crippen LogP contribution in [0.2, 0.25) is 0 Å². The highest BCUT2D eigenvalue weighted by molar-refractivity contribution is 9.08. The summed E-state index contributed by atoms with van der Waals surface area (Å²) < 4.78 is 5.09. The third-order valence-electron chi connectivity index (χ3n) is 1.76. The van der Waals surface area contributed by atoms with Crippen molar-refractivity contribution in [3.05, 3.63) is 36.3 Å². The molecule has 1 nitrogen and oxygen atoms in total. The van der Waals surface area contributed by atoms with E-state index in [1.54, 1.807) is 12.5 Å². The maximum Gasteiger partial charge on any atom is 0.0984 e. The van der Waals surface area contributed by atoms with Gasteiger partial charge in [-0.3, -0.25) is 0 Å². The van der Waals surface area contributed by atoms with E-state index in [1.165, 1.54) is 16.3 Å². The maximum atomic E-state index is 5.09. The minimum atomic E-state index is 0.879. The van der Waals surface area contributed by atoms with Crippen LogP contribution in [0, 0.1) is 0 Å². The Hall–Kier alpha value is -0.760. The Labute approximate surface area is 73.1 Å². The van der Waals surface area contributed by atoms with Crippen molar-refractivity contribution < 1.29 is 4.42 Å². The number of alkyl halides is 1. The molecule has 0 saturated carbocycles. The van der Waals surface area contributed by atoms with Crippen molar-refractivity contribution in [1.29, 1.82) is 0 Å². The van der Waals surface area contributed by atoms with Crippen molar-refractivity contribution in [3.63, 3.8) is 0 Å². The van der Waals surface area contributed by atoms with Crippen molar-refractivity contribution >= 4 is 26.7 Å². The summed E-state index contributed by atoms with van der Waals surface area (Å²) in [5.74, 6) is 0. The van der Waals surface area contributed by atoms with Crippen LogP contribution < -0.4 is 0 Å². The van der Waals surface area contributed by atoms with E-state index in [1.807, 2.05) is 12.1 Å². The molecule has 0 atom stereocenters. The van der Waals surface area contributed by atoms with Gasteiger partial charge in [-0.1, -0.05) is 34.1 Å². The average Bonchev–Trinajstić information content (AvgIpc) is 2.50. The fraction of sp³-hybridized carbons (Fsp3) is 0.111. The Bertz CT molecular complexity index is 364. The molecule has 0 spiro atoms. The second-order valence-corrected chi connectivity index (χ2v) is 2.99. The zero-order valence-corrected chi connectivity index (χ0v) is 7.47. The molecule has 0 aliphatic carbocycles. The number of hydrogen-bond acceptors (Lipinski definition) is 1. The lowest BCUT2D eigenvalue weighted by molar-refractivity contribution is 0.572. The molecule has 56 valence electrons. The molecule has 0 amide bonds. The fourth-order valence-electron chi connectivity index (χ4n) is 1.17. The van der Waals surface area contributed by atoms with Crippen molar-refractivity contribution in [1.82, 2.24) is 0 Å². The zero-order valence-electron chi connectivity index (χ0n) is 5.88. The first-order valence-corrected chi connectivity index (χ1v) is 4.54. The number of rotatable bonds is 1. The molecular weight excluding hydrogens is 204 g/mol. The summed E-state index contributed by atoms with van der Waals surface area (Å²) in [6.07, 6.45) is 3.55. The lowest BCUT2D eigenvalue weighted by Gasteiger charge is -1.94. The van der Waals surface area contributed by atoms with Crippen LogP contribution in [-0.2, 0) is 5.33 Å². The van der Waals surface area contributed by atoms with Crippen molar-refractivity contribution in [3.8, 4) is 0 Å². The maximum absolute atomic E-state index is 5.09. The Kier molecular flexibility index (Phi) is 1.70.